The predicted molar refractivity (Wildman–Crippen MR) is 74.0 cm³/mol. The number of benzene rings is 1. The van der Waals surface area contributed by atoms with Crippen molar-refractivity contribution in [1.29, 1.82) is 0 Å². The molecular weight excluding hydrogens is 288 g/mol. The molecule has 0 atom stereocenters. The SMILES string of the molecule is CC(C)NCCNCc1cc(Br)ccc1Cl. The van der Waals surface area contributed by atoms with Crippen LogP contribution in [0.15, 0.2) is 22.7 Å². The van der Waals surface area contributed by atoms with E-state index in [1.165, 1.54) is 0 Å². The van der Waals surface area contributed by atoms with Crippen molar-refractivity contribution in [2.24, 2.45) is 0 Å². The molecule has 0 bridgehead atoms. The van der Waals surface area contributed by atoms with Crippen LogP contribution in [-0.2, 0) is 6.54 Å². The standard InChI is InChI=1S/C12H18BrClN2/c1-9(2)16-6-5-15-8-10-7-11(13)3-4-12(10)14/h3-4,7,9,15-16H,5-6,8H2,1-2H3. The fourth-order valence-electron chi connectivity index (χ4n) is 1.35. The molecule has 0 heterocycles. The van der Waals surface area contributed by atoms with E-state index in [1.54, 1.807) is 0 Å². The number of hydrogen-bond donors (Lipinski definition) is 2. The minimum absolute atomic E-state index is 0.538. The van der Waals surface area contributed by atoms with Crippen molar-refractivity contribution in [1.82, 2.24) is 10.6 Å². The maximum atomic E-state index is 6.08. The van der Waals surface area contributed by atoms with Gasteiger partial charge in [0.2, 0.25) is 0 Å². The van der Waals surface area contributed by atoms with Gasteiger partial charge in [-0.1, -0.05) is 41.4 Å². The summed E-state index contributed by atoms with van der Waals surface area (Å²) in [4.78, 5) is 0. The molecule has 0 aliphatic carbocycles. The summed E-state index contributed by atoms with van der Waals surface area (Å²) in [5.74, 6) is 0. The number of hydrogen-bond acceptors (Lipinski definition) is 2. The third-order valence-electron chi connectivity index (χ3n) is 2.18. The number of nitrogens with one attached hydrogen (secondary N) is 2. The normalized spacial score (nSPS) is 11.1. The molecule has 0 spiro atoms. The summed E-state index contributed by atoms with van der Waals surface area (Å²) >= 11 is 9.52. The summed E-state index contributed by atoms with van der Waals surface area (Å²) in [7, 11) is 0. The van der Waals surface area contributed by atoms with E-state index < -0.39 is 0 Å². The number of halogens is 2. The van der Waals surface area contributed by atoms with Gasteiger partial charge in [0.05, 0.1) is 0 Å². The third-order valence-corrected chi connectivity index (χ3v) is 3.04. The lowest BCUT2D eigenvalue weighted by atomic mass is 10.2. The Bertz CT molecular complexity index is 329. The van der Waals surface area contributed by atoms with Crippen LogP contribution in [0.25, 0.3) is 0 Å². The highest BCUT2D eigenvalue weighted by Gasteiger charge is 2.00. The van der Waals surface area contributed by atoms with E-state index in [-0.39, 0.29) is 0 Å². The van der Waals surface area contributed by atoms with Crippen molar-refractivity contribution in [2.75, 3.05) is 13.1 Å². The molecule has 0 radical (unpaired) electrons. The van der Waals surface area contributed by atoms with E-state index in [4.69, 9.17) is 11.6 Å². The van der Waals surface area contributed by atoms with Gasteiger partial charge in [0.1, 0.15) is 0 Å². The van der Waals surface area contributed by atoms with Gasteiger partial charge in [-0.3, -0.25) is 0 Å². The van der Waals surface area contributed by atoms with Crippen molar-refractivity contribution in [3.05, 3.63) is 33.3 Å². The summed E-state index contributed by atoms with van der Waals surface area (Å²) in [5, 5.41) is 7.52. The zero-order valence-corrected chi connectivity index (χ0v) is 12.0. The van der Waals surface area contributed by atoms with Crippen molar-refractivity contribution in [2.45, 2.75) is 26.4 Å². The topological polar surface area (TPSA) is 24.1 Å². The lowest BCUT2D eigenvalue weighted by Gasteiger charge is -2.10. The Morgan fingerprint density at radius 3 is 2.75 bits per heavy atom. The zero-order chi connectivity index (χ0) is 12.0. The molecule has 0 unspecified atom stereocenters. The van der Waals surface area contributed by atoms with E-state index in [1.807, 2.05) is 18.2 Å². The lowest BCUT2D eigenvalue weighted by molar-refractivity contribution is 0.555. The summed E-state index contributed by atoms with van der Waals surface area (Å²) in [5.41, 5.74) is 1.13. The van der Waals surface area contributed by atoms with Crippen LogP contribution in [0, 0.1) is 0 Å². The predicted octanol–water partition coefficient (Wildman–Crippen LogP) is 3.19. The van der Waals surface area contributed by atoms with Gasteiger partial charge in [0, 0.05) is 35.2 Å². The highest BCUT2D eigenvalue weighted by atomic mass is 79.9. The fraction of sp³-hybridized carbons (Fsp3) is 0.500. The smallest absolute Gasteiger partial charge is 0.0451 e. The average molecular weight is 306 g/mol. The first-order valence-electron chi connectivity index (χ1n) is 5.47. The first-order chi connectivity index (χ1) is 7.59. The van der Waals surface area contributed by atoms with Crippen LogP contribution in [-0.4, -0.2) is 19.1 Å². The molecular formula is C12H18BrClN2. The van der Waals surface area contributed by atoms with E-state index in [0.717, 1.165) is 34.7 Å². The Kier molecular flexibility index (Phi) is 6.36. The van der Waals surface area contributed by atoms with Gasteiger partial charge in [-0.15, -0.1) is 0 Å². The average Bonchev–Trinajstić information content (AvgIpc) is 2.22. The summed E-state index contributed by atoms with van der Waals surface area (Å²) in [6.45, 7) is 7.01. The maximum Gasteiger partial charge on any atom is 0.0451 e. The molecule has 0 saturated heterocycles. The Morgan fingerprint density at radius 1 is 1.31 bits per heavy atom. The summed E-state index contributed by atoms with van der Waals surface area (Å²) in [6, 6.07) is 6.45. The van der Waals surface area contributed by atoms with Crippen LogP contribution in [0.3, 0.4) is 0 Å². The third kappa shape index (κ3) is 5.30. The van der Waals surface area contributed by atoms with Gasteiger partial charge >= 0.3 is 0 Å². The molecule has 90 valence electrons. The zero-order valence-electron chi connectivity index (χ0n) is 9.69. The molecule has 1 rings (SSSR count). The van der Waals surface area contributed by atoms with Crippen LogP contribution < -0.4 is 10.6 Å². The largest absolute Gasteiger partial charge is 0.313 e. The first-order valence-corrected chi connectivity index (χ1v) is 6.64. The molecule has 1 aromatic carbocycles. The van der Waals surface area contributed by atoms with Gasteiger partial charge in [-0.2, -0.15) is 0 Å². The number of rotatable bonds is 6. The van der Waals surface area contributed by atoms with Crippen molar-refractivity contribution >= 4 is 27.5 Å². The molecule has 0 fully saturated rings. The molecule has 0 amide bonds. The quantitative estimate of drug-likeness (QED) is 0.789. The van der Waals surface area contributed by atoms with Gasteiger partial charge in [0.25, 0.3) is 0 Å². The van der Waals surface area contributed by atoms with Crippen LogP contribution in [0.5, 0.6) is 0 Å². The minimum atomic E-state index is 0.538. The minimum Gasteiger partial charge on any atom is -0.313 e. The van der Waals surface area contributed by atoms with Gasteiger partial charge in [-0.05, 0) is 23.8 Å². The Morgan fingerprint density at radius 2 is 2.06 bits per heavy atom. The molecule has 2 N–H and O–H groups in total. The second-order valence-corrected chi connectivity index (χ2v) is 5.34. The Hall–Kier alpha value is -0.0900. The highest BCUT2D eigenvalue weighted by molar-refractivity contribution is 9.10. The van der Waals surface area contributed by atoms with Crippen LogP contribution in [0.1, 0.15) is 19.4 Å². The second kappa shape index (κ2) is 7.28. The Balaban J connectivity index is 2.29. The van der Waals surface area contributed by atoms with Gasteiger partial charge in [-0.25, -0.2) is 0 Å². The molecule has 1 aromatic rings. The van der Waals surface area contributed by atoms with Crippen LogP contribution in [0.4, 0.5) is 0 Å². The van der Waals surface area contributed by atoms with Crippen LogP contribution in [0.2, 0.25) is 5.02 Å². The summed E-state index contributed by atoms with van der Waals surface area (Å²) in [6.07, 6.45) is 0. The van der Waals surface area contributed by atoms with Gasteiger partial charge in [0.15, 0.2) is 0 Å². The summed E-state index contributed by atoms with van der Waals surface area (Å²) < 4.78 is 1.06. The van der Waals surface area contributed by atoms with E-state index in [0.29, 0.717) is 6.04 Å². The van der Waals surface area contributed by atoms with Crippen LogP contribution >= 0.6 is 27.5 Å². The Labute approximate surface area is 111 Å². The lowest BCUT2D eigenvalue weighted by Crippen LogP contribution is -2.31. The van der Waals surface area contributed by atoms with E-state index in [9.17, 15) is 0 Å². The molecule has 0 aromatic heterocycles. The molecule has 0 aliphatic heterocycles. The maximum absolute atomic E-state index is 6.08. The first kappa shape index (κ1) is 14.0. The van der Waals surface area contributed by atoms with Crippen molar-refractivity contribution < 1.29 is 0 Å². The van der Waals surface area contributed by atoms with E-state index >= 15 is 0 Å². The van der Waals surface area contributed by atoms with Crippen molar-refractivity contribution in [3.63, 3.8) is 0 Å². The van der Waals surface area contributed by atoms with E-state index in [2.05, 4.69) is 40.4 Å². The fourth-order valence-corrected chi connectivity index (χ4v) is 1.94. The second-order valence-electron chi connectivity index (χ2n) is 4.02. The molecule has 4 heteroatoms. The molecule has 0 saturated carbocycles. The molecule has 0 aliphatic rings. The van der Waals surface area contributed by atoms with Crippen molar-refractivity contribution in [3.8, 4) is 0 Å². The van der Waals surface area contributed by atoms with Gasteiger partial charge < -0.3 is 10.6 Å². The monoisotopic (exact) mass is 304 g/mol. The highest BCUT2D eigenvalue weighted by Crippen LogP contribution is 2.20. The molecule has 2 nitrogen and oxygen atoms in total. The molecule has 16 heavy (non-hydrogen) atoms.